The van der Waals surface area contributed by atoms with Crippen LogP contribution in [0.15, 0.2) is 76.5 Å². The Morgan fingerprint density at radius 1 is 0.762 bits per heavy atom. The van der Waals surface area contributed by atoms with Crippen LogP contribution in [-0.4, -0.2) is 10.2 Å². The number of nitrogens with zero attached hydrogens (tertiary/aromatic N) is 2. The summed E-state index contributed by atoms with van der Waals surface area (Å²) in [5.41, 5.74) is 4.32. The molecule has 3 rings (SSSR count). The van der Waals surface area contributed by atoms with Crippen molar-refractivity contribution in [3.8, 4) is 11.3 Å². The second-order valence-corrected chi connectivity index (χ2v) is 5.53. The molecule has 21 heavy (non-hydrogen) atoms. The fourth-order valence-electron chi connectivity index (χ4n) is 1.88. The number of aromatic nitrogens is 2. The molecule has 0 aliphatic rings. The second kappa shape index (κ2) is 6.39. The molecule has 4 nitrogen and oxygen atoms in total. The maximum Gasteiger partial charge on any atom is 0.162 e. The monoisotopic (exact) mass is 294 g/mol. The minimum absolute atomic E-state index is 0.551. The Bertz CT molecular complexity index is 697. The van der Waals surface area contributed by atoms with E-state index in [2.05, 4.69) is 39.9 Å². The summed E-state index contributed by atoms with van der Waals surface area (Å²) in [5, 5.41) is 8.11. The molecule has 2 aromatic carbocycles. The topological polar surface area (TPSA) is 63.8 Å². The highest BCUT2D eigenvalue weighted by atomic mass is 32.2. The van der Waals surface area contributed by atoms with Gasteiger partial charge in [-0.05, 0) is 36.4 Å². The average Bonchev–Trinajstić information content (AvgIpc) is 2.57. The molecule has 0 radical (unpaired) electrons. The van der Waals surface area contributed by atoms with Crippen LogP contribution in [0, 0.1) is 0 Å². The molecule has 0 bridgehead atoms. The molecule has 104 valence electrons. The number of nitrogens with one attached hydrogen (secondary N) is 1. The highest BCUT2D eigenvalue weighted by molar-refractivity contribution is 7.99. The summed E-state index contributed by atoms with van der Waals surface area (Å²) < 4.78 is 0. The Balaban J connectivity index is 1.77. The van der Waals surface area contributed by atoms with E-state index in [4.69, 9.17) is 5.84 Å². The molecule has 0 aliphatic carbocycles. The molecule has 1 aromatic heterocycles. The quantitative estimate of drug-likeness (QED) is 0.569. The highest BCUT2D eigenvalue weighted by Crippen LogP contribution is 2.29. The number of hydrogen-bond acceptors (Lipinski definition) is 5. The molecule has 0 aliphatic heterocycles. The van der Waals surface area contributed by atoms with Gasteiger partial charge in [0.15, 0.2) is 5.82 Å². The molecule has 0 unspecified atom stereocenters. The largest absolute Gasteiger partial charge is 0.307 e. The first kappa shape index (κ1) is 13.6. The summed E-state index contributed by atoms with van der Waals surface area (Å²) in [6.45, 7) is 0. The van der Waals surface area contributed by atoms with E-state index in [9.17, 15) is 0 Å². The molecule has 1 heterocycles. The van der Waals surface area contributed by atoms with Gasteiger partial charge in [-0.1, -0.05) is 42.1 Å². The molecule has 0 atom stereocenters. The van der Waals surface area contributed by atoms with Gasteiger partial charge in [-0.3, -0.25) is 0 Å². The van der Waals surface area contributed by atoms with E-state index in [1.807, 2.05) is 36.4 Å². The Hall–Kier alpha value is -2.37. The fourth-order valence-corrected chi connectivity index (χ4v) is 2.72. The number of nitrogen functional groups attached to an aromatic ring is 1. The van der Waals surface area contributed by atoms with Crippen molar-refractivity contribution in [2.24, 2.45) is 5.84 Å². The zero-order chi connectivity index (χ0) is 14.5. The summed E-state index contributed by atoms with van der Waals surface area (Å²) in [6, 6.07) is 22.3. The van der Waals surface area contributed by atoms with Gasteiger partial charge in [0.25, 0.3) is 0 Å². The molecule has 3 aromatic rings. The van der Waals surface area contributed by atoms with Gasteiger partial charge in [0.1, 0.15) is 0 Å². The standard InChI is InChI=1S/C16H14N4S/c17-18-16-11-10-15(19-20-16)12-6-8-14(9-7-12)21-13-4-2-1-3-5-13/h1-11H,17H2,(H,18,20). The first-order valence-corrected chi connectivity index (χ1v) is 7.30. The fraction of sp³-hybridized carbons (Fsp3) is 0. The molecule has 3 N–H and O–H groups in total. The third kappa shape index (κ3) is 3.39. The smallest absolute Gasteiger partial charge is 0.162 e. The van der Waals surface area contributed by atoms with Crippen molar-refractivity contribution in [2.75, 3.05) is 5.43 Å². The van der Waals surface area contributed by atoms with Crippen molar-refractivity contribution < 1.29 is 0 Å². The van der Waals surface area contributed by atoms with Crippen LogP contribution in [0.2, 0.25) is 0 Å². The minimum atomic E-state index is 0.551. The summed E-state index contributed by atoms with van der Waals surface area (Å²) in [5.74, 6) is 5.83. The van der Waals surface area contributed by atoms with Gasteiger partial charge in [0, 0.05) is 15.4 Å². The zero-order valence-corrected chi connectivity index (χ0v) is 12.0. The molecular formula is C16H14N4S. The zero-order valence-electron chi connectivity index (χ0n) is 11.2. The van der Waals surface area contributed by atoms with E-state index >= 15 is 0 Å². The third-order valence-corrected chi connectivity index (χ3v) is 3.96. The van der Waals surface area contributed by atoms with Crippen molar-refractivity contribution in [3.63, 3.8) is 0 Å². The Labute approximate surface area is 127 Å². The Morgan fingerprint density at radius 3 is 2.10 bits per heavy atom. The van der Waals surface area contributed by atoms with Crippen molar-refractivity contribution in [1.29, 1.82) is 0 Å². The maximum atomic E-state index is 5.28. The first-order chi connectivity index (χ1) is 10.3. The molecular weight excluding hydrogens is 280 g/mol. The summed E-state index contributed by atoms with van der Waals surface area (Å²) >= 11 is 1.73. The number of benzene rings is 2. The van der Waals surface area contributed by atoms with E-state index in [0.717, 1.165) is 11.3 Å². The van der Waals surface area contributed by atoms with Crippen molar-refractivity contribution in [1.82, 2.24) is 10.2 Å². The Kier molecular flexibility index (Phi) is 4.14. The summed E-state index contributed by atoms with van der Waals surface area (Å²) in [6.07, 6.45) is 0. The minimum Gasteiger partial charge on any atom is -0.307 e. The molecule has 0 saturated carbocycles. The highest BCUT2D eigenvalue weighted by Gasteiger charge is 2.02. The summed E-state index contributed by atoms with van der Waals surface area (Å²) in [4.78, 5) is 2.42. The summed E-state index contributed by atoms with van der Waals surface area (Å²) in [7, 11) is 0. The van der Waals surface area contributed by atoms with Gasteiger partial charge in [0.05, 0.1) is 5.69 Å². The van der Waals surface area contributed by atoms with Gasteiger partial charge >= 0.3 is 0 Å². The van der Waals surface area contributed by atoms with Gasteiger partial charge < -0.3 is 5.43 Å². The molecule has 5 heteroatoms. The van der Waals surface area contributed by atoms with Crippen molar-refractivity contribution in [3.05, 3.63) is 66.7 Å². The van der Waals surface area contributed by atoms with Crippen molar-refractivity contribution in [2.45, 2.75) is 9.79 Å². The predicted octanol–water partition coefficient (Wildman–Crippen LogP) is 3.58. The van der Waals surface area contributed by atoms with Crippen LogP contribution in [0.3, 0.4) is 0 Å². The predicted molar refractivity (Wildman–Crippen MR) is 85.8 cm³/mol. The number of nitrogens with two attached hydrogens (primary N) is 1. The van der Waals surface area contributed by atoms with Crippen LogP contribution in [0.25, 0.3) is 11.3 Å². The van der Waals surface area contributed by atoms with Gasteiger partial charge in [-0.15, -0.1) is 10.2 Å². The normalized spacial score (nSPS) is 10.3. The maximum absolute atomic E-state index is 5.28. The lowest BCUT2D eigenvalue weighted by molar-refractivity contribution is 1.03. The molecule has 0 fully saturated rings. The van der Waals surface area contributed by atoms with Crippen molar-refractivity contribution >= 4 is 17.6 Å². The van der Waals surface area contributed by atoms with Crippen LogP contribution in [0.1, 0.15) is 0 Å². The van der Waals surface area contributed by atoms with Crippen LogP contribution >= 0.6 is 11.8 Å². The average molecular weight is 294 g/mol. The van der Waals surface area contributed by atoms with Gasteiger partial charge in [-0.25, -0.2) is 5.84 Å². The number of hydrazine groups is 1. The number of rotatable bonds is 4. The number of anilines is 1. The lowest BCUT2D eigenvalue weighted by Crippen LogP contribution is -2.08. The molecule has 0 spiro atoms. The Morgan fingerprint density at radius 2 is 1.48 bits per heavy atom. The lowest BCUT2D eigenvalue weighted by atomic mass is 10.1. The van der Waals surface area contributed by atoms with Crippen LogP contribution in [0.4, 0.5) is 5.82 Å². The van der Waals surface area contributed by atoms with E-state index in [1.165, 1.54) is 9.79 Å². The van der Waals surface area contributed by atoms with Crippen LogP contribution in [0.5, 0.6) is 0 Å². The van der Waals surface area contributed by atoms with Gasteiger partial charge in [-0.2, -0.15) is 0 Å². The molecule has 0 amide bonds. The SMILES string of the molecule is NNc1ccc(-c2ccc(Sc3ccccc3)cc2)nn1. The molecule has 0 saturated heterocycles. The van der Waals surface area contributed by atoms with Crippen LogP contribution < -0.4 is 11.3 Å². The van der Waals surface area contributed by atoms with Crippen LogP contribution in [-0.2, 0) is 0 Å². The van der Waals surface area contributed by atoms with E-state index < -0.39 is 0 Å². The lowest BCUT2D eigenvalue weighted by Gasteiger charge is -2.04. The first-order valence-electron chi connectivity index (χ1n) is 6.49. The second-order valence-electron chi connectivity index (χ2n) is 4.39. The number of hydrogen-bond donors (Lipinski definition) is 2. The van der Waals surface area contributed by atoms with E-state index in [1.54, 1.807) is 17.8 Å². The van der Waals surface area contributed by atoms with Gasteiger partial charge in [0.2, 0.25) is 0 Å². The third-order valence-electron chi connectivity index (χ3n) is 2.94. The van der Waals surface area contributed by atoms with E-state index in [0.29, 0.717) is 5.82 Å². The van der Waals surface area contributed by atoms with E-state index in [-0.39, 0.29) is 0 Å².